The number of aromatic nitrogens is 3. The van der Waals surface area contributed by atoms with Gasteiger partial charge in [-0.05, 0) is 43.2 Å². The first-order valence-corrected chi connectivity index (χ1v) is 8.98. The van der Waals surface area contributed by atoms with Gasteiger partial charge in [0.25, 0.3) is 0 Å². The molecule has 0 saturated heterocycles. The average molecular weight is 352 g/mol. The largest absolute Gasteiger partial charge is 0.326 e. The van der Waals surface area contributed by atoms with Crippen molar-refractivity contribution in [3.63, 3.8) is 0 Å². The molecule has 6 heteroatoms. The molecule has 2 aromatic carbocycles. The van der Waals surface area contributed by atoms with Gasteiger partial charge in [0.15, 0.2) is 5.16 Å². The Balaban J connectivity index is 1.81. The minimum Gasteiger partial charge on any atom is -0.326 e. The van der Waals surface area contributed by atoms with Crippen molar-refractivity contribution in [3.8, 4) is 5.69 Å². The van der Waals surface area contributed by atoms with Gasteiger partial charge < -0.3 is 5.32 Å². The van der Waals surface area contributed by atoms with E-state index in [-0.39, 0.29) is 5.91 Å². The number of hydrogen-bond acceptors (Lipinski definition) is 4. The molecule has 0 spiro atoms. The van der Waals surface area contributed by atoms with E-state index in [2.05, 4.69) is 47.6 Å². The maximum Gasteiger partial charge on any atom is 0.221 e. The van der Waals surface area contributed by atoms with Crippen LogP contribution in [0.3, 0.4) is 0 Å². The van der Waals surface area contributed by atoms with Crippen LogP contribution in [0.1, 0.15) is 23.6 Å². The zero-order valence-electron chi connectivity index (χ0n) is 14.5. The van der Waals surface area contributed by atoms with Gasteiger partial charge in [0.2, 0.25) is 5.91 Å². The minimum atomic E-state index is -0.0922. The topological polar surface area (TPSA) is 59.8 Å². The first-order chi connectivity index (χ1) is 12.0. The Morgan fingerprint density at radius 3 is 2.84 bits per heavy atom. The predicted molar refractivity (Wildman–Crippen MR) is 101 cm³/mol. The van der Waals surface area contributed by atoms with Crippen LogP contribution in [-0.4, -0.2) is 20.7 Å². The van der Waals surface area contributed by atoms with Crippen molar-refractivity contribution < 1.29 is 4.79 Å². The zero-order chi connectivity index (χ0) is 17.8. The van der Waals surface area contributed by atoms with Gasteiger partial charge >= 0.3 is 0 Å². The van der Waals surface area contributed by atoms with Crippen LogP contribution in [0.5, 0.6) is 0 Å². The van der Waals surface area contributed by atoms with E-state index in [1.54, 1.807) is 18.1 Å². The highest BCUT2D eigenvalue weighted by Gasteiger charge is 2.09. The molecule has 5 nitrogen and oxygen atoms in total. The number of thioether (sulfide) groups is 1. The average Bonchev–Trinajstić information content (AvgIpc) is 3.04. The Kier molecular flexibility index (Phi) is 5.19. The van der Waals surface area contributed by atoms with Crippen LogP contribution in [0.2, 0.25) is 0 Å². The molecule has 3 aromatic rings. The van der Waals surface area contributed by atoms with Crippen molar-refractivity contribution >= 4 is 23.4 Å². The van der Waals surface area contributed by atoms with Crippen molar-refractivity contribution in [2.45, 2.75) is 31.7 Å². The SMILES string of the molecule is CC(=O)Nc1cccc(-n2cnnc2SCc2cc(C)ccc2C)c1. The zero-order valence-corrected chi connectivity index (χ0v) is 15.3. The molecule has 0 unspecified atom stereocenters. The summed E-state index contributed by atoms with van der Waals surface area (Å²) >= 11 is 1.65. The van der Waals surface area contributed by atoms with E-state index in [4.69, 9.17) is 0 Å². The molecule has 1 heterocycles. The van der Waals surface area contributed by atoms with E-state index < -0.39 is 0 Å². The highest BCUT2D eigenvalue weighted by Crippen LogP contribution is 2.26. The summed E-state index contributed by atoms with van der Waals surface area (Å²) in [5, 5.41) is 11.9. The van der Waals surface area contributed by atoms with E-state index in [9.17, 15) is 4.79 Å². The molecule has 0 aliphatic rings. The van der Waals surface area contributed by atoms with Crippen LogP contribution in [0, 0.1) is 13.8 Å². The third-order valence-electron chi connectivity index (χ3n) is 3.82. The Bertz CT molecular complexity index is 904. The summed E-state index contributed by atoms with van der Waals surface area (Å²) in [7, 11) is 0. The van der Waals surface area contributed by atoms with Gasteiger partial charge in [-0.15, -0.1) is 10.2 Å². The van der Waals surface area contributed by atoms with Gasteiger partial charge in [-0.2, -0.15) is 0 Å². The van der Waals surface area contributed by atoms with Crippen molar-refractivity contribution in [2.24, 2.45) is 0 Å². The van der Waals surface area contributed by atoms with E-state index in [0.29, 0.717) is 0 Å². The molecule has 0 saturated carbocycles. The van der Waals surface area contributed by atoms with Crippen molar-refractivity contribution in [2.75, 3.05) is 5.32 Å². The number of carbonyl (C=O) groups excluding carboxylic acids is 1. The van der Waals surface area contributed by atoms with Gasteiger partial charge in [0.1, 0.15) is 6.33 Å². The number of aryl methyl sites for hydroxylation is 2. The number of nitrogens with zero attached hydrogens (tertiary/aromatic N) is 3. The Hall–Kier alpha value is -2.60. The van der Waals surface area contributed by atoms with Gasteiger partial charge in [-0.25, -0.2) is 0 Å². The number of hydrogen-bond donors (Lipinski definition) is 1. The summed E-state index contributed by atoms with van der Waals surface area (Å²) in [6.07, 6.45) is 1.69. The summed E-state index contributed by atoms with van der Waals surface area (Å²) in [4.78, 5) is 11.2. The monoisotopic (exact) mass is 352 g/mol. The molecule has 128 valence electrons. The van der Waals surface area contributed by atoms with E-state index in [1.807, 2.05) is 28.8 Å². The molecule has 0 fully saturated rings. The lowest BCUT2D eigenvalue weighted by Gasteiger charge is -2.10. The molecule has 0 aliphatic carbocycles. The maximum atomic E-state index is 11.2. The molecule has 3 rings (SSSR count). The van der Waals surface area contributed by atoms with Gasteiger partial charge in [-0.3, -0.25) is 9.36 Å². The second-order valence-electron chi connectivity index (χ2n) is 5.93. The first kappa shape index (κ1) is 17.2. The van der Waals surface area contributed by atoms with Crippen LogP contribution in [-0.2, 0) is 10.5 Å². The number of amides is 1. The molecule has 1 amide bonds. The number of nitrogens with one attached hydrogen (secondary N) is 1. The van der Waals surface area contributed by atoms with Gasteiger partial charge in [-0.1, -0.05) is 41.6 Å². The fraction of sp³-hybridized carbons (Fsp3) is 0.211. The highest BCUT2D eigenvalue weighted by atomic mass is 32.2. The maximum absolute atomic E-state index is 11.2. The second kappa shape index (κ2) is 7.53. The fourth-order valence-corrected chi connectivity index (χ4v) is 3.53. The lowest BCUT2D eigenvalue weighted by atomic mass is 10.1. The van der Waals surface area contributed by atoms with Gasteiger partial charge in [0, 0.05) is 18.4 Å². The number of carbonyl (C=O) groups is 1. The summed E-state index contributed by atoms with van der Waals surface area (Å²) < 4.78 is 1.93. The molecular weight excluding hydrogens is 332 g/mol. The Morgan fingerprint density at radius 1 is 1.20 bits per heavy atom. The Morgan fingerprint density at radius 2 is 2.04 bits per heavy atom. The number of benzene rings is 2. The third-order valence-corrected chi connectivity index (χ3v) is 4.81. The predicted octanol–water partition coefficient (Wildman–Crippen LogP) is 4.13. The first-order valence-electron chi connectivity index (χ1n) is 8.00. The normalized spacial score (nSPS) is 10.7. The molecule has 0 radical (unpaired) electrons. The number of rotatable bonds is 5. The molecule has 1 N–H and O–H groups in total. The minimum absolute atomic E-state index is 0.0922. The van der Waals surface area contributed by atoms with Crippen LogP contribution >= 0.6 is 11.8 Å². The lowest BCUT2D eigenvalue weighted by Crippen LogP contribution is -2.06. The summed E-state index contributed by atoms with van der Waals surface area (Å²) in [5.74, 6) is 0.739. The fourth-order valence-electron chi connectivity index (χ4n) is 2.53. The Labute approximate surface area is 151 Å². The van der Waals surface area contributed by atoms with Crippen molar-refractivity contribution in [1.29, 1.82) is 0 Å². The summed E-state index contributed by atoms with van der Waals surface area (Å²) in [6, 6.07) is 14.1. The molecule has 25 heavy (non-hydrogen) atoms. The highest BCUT2D eigenvalue weighted by molar-refractivity contribution is 7.98. The molecule has 0 aliphatic heterocycles. The molecule has 0 bridgehead atoms. The van der Waals surface area contributed by atoms with E-state index >= 15 is 0 Å². The summed E-state index contributed by atoms with van der Waals surface area (Å²) in [5.41, 5.74) is 5.50. The summed E-state index contributed by atoms with van der Waals surface area (Å²) in [6.45, 7) is 5.72. The van der Waals surface area contributed by atoms with Crippen LogP contribution in [0.15, 0.2) is 53.9 Å². The number of anilines is 1. The van der Waals surface area contributed by atoms with Crippen molar-refractivity contribution in [1.82, 2.24) is 14.8 Å². The van der Waals surface area contributed by atoms with Crippen LogP contribution < -0.4 is 5.32 Å². The van der Waals surface area contributed by atoms with Crippen LogP contribution in [0.4, 0.5) is 5.69 Å². The quantitative estimate of drug-likeness (QED) is 0.701. The third kappa shape index (κ3) is 4.28. The van der Waals surface area contributed by atoms with Crippen molar-refractivity contribution in [3.05, 3.63) is 65.5 Å². The standard InChI is InChI=1S/C19H20N4OS/c1-13-7-8-14(2)16(9-13)11-25-19-22-20-12-23(19)18-6-4-5-17(10-18)21-15(3)24/h4-10,12H,11H2,1-3H3,(H,21,24). The van der Waals surface area contributed by atoms with Gasteiger partial charge in [0.05, 0.1) is 5.69 Å². The molecule has 1 aromatic heterocycles. The molecule has 0 atom stereocenters. The van der Waals surface area contributed by atoms with E-state index in [1.165, 1.54) is 23.6 Å². The van der Waals surface area contributed by atoms with Crippen LogP contribution in [0.25, 0.3) is 5.69 Å². The second-order valence-corrected chi connectivity index (χ2v) is 6.88. The lowest BCUT2D eigenvalue weighted by molar-refractivity contribution is -0.114. The molecular formula is C19H20N4OS. The van der Waals surface area contributed by atoms with E-state index in [0.717, 1.165) is 22.3 Å². The smallest absolute Gasteiger partial charge is 0.221 e.